The first kappa shape index (κ1) is 28.3. The van der Waals surface area contributed by atoms with E-state index in [2.05, 4.69) is 48.2 Å². The molecule has 4 aromatic heterocycles. The molecular weight excluding hydrogens is 551 g/mol. The molecule has 9 heteroatoms. The largest absolute Gasteiger partial charge is 0.353 e. The van der Waals surface area contributed by atoms with Gasteiger partial charge in [-0.25, -0.2) is 9.37 Å². The number of nitrogens with one attached hydrogen (secondary N) is 2. The molecule has 0 saturated carbocycles. The van der Waals surface area contributed by atoms with Crippen LogP contribution in [-0.4, -0.2) is 68.7 Å². The van der Waals surface area contributed by atoms with Crippen LogP contribution in [0.3, 0.4) is 0 Å². The van der Waals surface area contributed by atoms with Crippen LogP contribution in [0.2, 0.25) is 0 Å². The number of likely N-dealkylation sites (tertiary alicyclic amines) is 1. The van der Waals surface area contributed by atoms with E-state index in [1.165, 1.54) is 30.9 Å². The number of hydrogen-bond donors (Lipinski definition) is 3. The van der Waals surface area contributed by atoms with Crippen molar-refractivity contribution in [3.63, 3.8) is 0 Å². The van der Waals surface area contributed by atoms with Crippen LogP contribution in [0, 0.1) is 5.82 Å². The van der Waals surface area contributed by atoms with Gasteiger partial charge in [0, 0.05) is 65.1 Å². The van der Waals surface area contributed by atoms with Crippen molar-refractivity contribution in [3.05, 3.63) is 90.1 Å². The van der Waals surface area contributed by atoms with Crippen LogP contribution in [0.5, 0.6) is 0 Å². The fourth-order valence-corrected chi connectivity index (χ4v) is 6.39. The number of aromatic nitrogens is 5. The zero-order valence-electron chi connectivity index (χ0n) is 25.1. The van der Waals surface area contributed by atoms with Crippen molar-refractivity contribution in [2.75, 3.05) is 33.7 Å². The highest BCUT2D eigenvalue weighted by Crippen LogP contribution is 2.36. The van der Waals surface area contributed by atoms with Crippen LogP contribution in [0.15, 0.2) is 73.2 Å². The minimum Gasteiger partial charge on any atom is -0.353 e. The van der Waals surface area contributed by atoms with Crippen molar-refractivity contribution in [2.24, 2.45) is 5.73 Å². The monoisotopic (exact) mass is 588 g/mol. The minimum absolute atomic E-state index is 0.292. The van der Waals surface area contributed by atoms with Crippen molar-refractivity contribution in [3.8, 4) is 33.6 Å². The molecule has 1 atom stereocenters. The normalized spacial score (nSPS) is 15.0. The average molecular weight is 589 g/mol. The summed E-state index contributed by atoms with van der Waals surface area (Å²) >= 11 is 0. The Morgan fingerprint density at radius 1 is 0.932 bits per heavy atom. The summed E-state index contributed by atoms with van der Waals surface area (Å²) in [4.78, 5) is 17.3. The first-order chi connectivity index (χ1) is 21.4. The summed E-state index contributed by atoms with van der Waals surface area (Å²) in [5.41, 5.74) is 15.5. The van der Waals surface area contributed by atoms with Gasteiger partial charge >= 0.3 is 0 Å². The maximum absolute atomic E-state index is 14.8. The summed E-state index contributed by atoms with van der Waals surface area (Å²) < 4.78 is 14.8. The summed E-state index contributed by atoms with van der Waals surface area (Å²) in [6.45, 7) is 3.84. The van der Waals surface area contributed by atoms with Gasteiger partial charge in [-0.05, 0) is 105 Å². The van der Waals surface area contributed by atoms with E-state index in [-0.39, 0.29) is 11.9 Å². The number of aromatic amines is 2. The lowest BCUT2D eigenvalue weighted by Gasteiger charge is -2.26. The fourth-order valence-electron chi connectivity index (χ4n) is 6.39. The average Bonchev–Trinajstić information content (AvgIpc) is 3.65. The maximum Gasteiger partial charge on any atom is 0.181 e. The van der Waals surface area contributed by atoms with E-state index < -0.39 is 0 Å². The maximum atomic E-state index is 14.8. The number of hydrogen-bond acceptors (Lipinski definition) is 6. The molecule has 0 amide bonds. The zero-order valence-corrected chi connectivity index (χ0v) is 25.1. The van der Waals surface area contributed by atoms with Crippen molar-refractivity contribution < 1.29 is 4.39 Å². The Labute approximate surface area is 256 Å². The topological polar surface area (TPSA) is 103 Å². The number of likely N-dealkylation sites (N-methyl/N-ethyl adjacent to an activating group) is 1. The minimum atomic E-state index is -0.299. The Bertz CT molecular complexity index is 1930. The summed E-state index contributed by atoms with van der Waals surface area (Å²) in [6.07, 6.45) is 9.58. The molecule has 2 aromatic carbocycles. The van der Waals surface area contributed by atoms with E-state index in [1.807, 2.05) is 61.9 Å². The predicted octanol–water partition coefficient (Wildman–Crippen LogP) is 6.52. The first-order valence-corrected chi connectivity index (χ1v) is 15.3. The second-order valence-corrected chi connectivity index (χ2v) is 12.2. The van der Waals surface area contributed by atoms with Crippen molar-refractivity contribution in [1.82, 2.24) is 34.9 Å². The third-order valence-electron chi connectivity index (χ3n) is 8.55. The van der Waals surface area contributed by atoms with Crippen LogP contribution in [-0.2, 0) is 6.54 Å². The number of nitrogens with two attached hydrogens (primary N) is 1. The lowest BCUT2D eigenvalue weighted by Crippen LogP contribution is -2.29. The Morgan fingerprint density at radius 2 is 1.77 bits per heavy atom. The van der Waals surface area contributed by atoms with Gasteiger partial charge in [-0.15, -0.1) is 0 Å². The van der Waals surface area contributed by atoms with E-state index in [1.54, 1.807) is 6.07 Å². The Hall–Kier alpha value is -4.44. The number of nitrogens with zero attached hydrogens (tertiary/aromatic N) is 5. The number of benzene rings is 2. The van der Waals surface area contributed by atoms with Crippen molar-refractivity contribution in [2.45, 2.75) is 31.8 Å². The highest BCUT2D eigenvalue weighted by Gasteiger charge is 2.17. The molecule has 8 nitrogen and oxygen atoms in total. The molecule has 6 aromatic rings. The predicted molar refractivity (Wildman–Crippen MR) is 174 cm³/mol. The Morgan fingerprint density at radius 3 is 2.61 bits per heavy atom. The summed E-state index contributed by atoms with van der Waals surface area (Å²) in [7, 11) is 3.93. The molecule has 1 unspecified atom stereocenters. The molecule has 1 aliphatic heterocycles. The van der Waals surface area contributed by atoms with Gasteiger partial charge in [0.25, 0.3) is 0 Å². The van der Waals surface area contributed by atoms with Gasteiger partial charge < -0.3 is 15.6 Å². The molecule has 0 aliphatic carbocycles. The molecule has 0 bridgehead atoms. The van der Waals surface area contributed by atoms with E-state index in [4.69, 9.17) is 5.73 Å². The van der Waals surface area contributed by atoms with Gasteiger partial charge in [0.2, 0.25) is 0 Å². The van der Waals surface area contributed by atoms with Gasteiger partial charge in [-0.2, -0.15) is 5.10 Å². The SMILES string of the molecule is CN(C)CC(N)c1cc(F)cc(-c2cccc3[nH]c(-c4[nH]nc5ncc(-c6cncc(CN7CCCCC7)c6)cc45)cc23)c1. The molecule has 1 aliphatic rings. The molecule has 44 heavy (non-hydrogen) atoms. The molecule has 1 saturated heterocycles. The number of halogens is 1. The summed E-state index contributed by atoms with van der Waals surface area (Å²) in [6, 6.07) is 17.3. The fraction of sp³-hybridized carbons (Fsp3) is 0.286. The van der Waals surface area contributed by atoms with Gasteiger partial charge in [-0.1, -0.05) is 18.6 Å². The van der Waals surface area contributed by atoms with Crippen LogP contribution in [0.25, 0.3) is 55.6 Å². The molecule has 7 rings (SSSR count). The van der Waals surface area contributed by atoms with Crippen LogP contribution in [0.1, 0.15) is 36.4 Å². The molecule has 0 radical (unpaired) electrons. The smallest absolute Gasteiger partial charge is 0.181 e. The van der Waals surface area contributed by atoms with Gasteiger partial charge in [0.05, 0.1) is 11.4 Å². The number of H-pyrrole nitrogens is 2. The lowest BCUT2D eigenvalue weighted by molar-refractivity contribution is 0.220. The second kappa shape index (κ2) is 11.9. The van der Waals surface area contributed by atoms with E-state index in [0.717, 1.165) is 75.1 Å². The van der Waals surface area contributed by atoms with Crippen molar-refractivity contribution >= 4 is 21.9 Å². The van der Waals surface area contributed by atoms with Gasteiger partial charge in [0.1, 0.15) is 5.82 Å². The molecule has 1 fully saturated rings. The standard InChI is InChI=1S/C35H37FN8/c1-43(2)21-31(37)24-12-23(13-27(36)14-24)28-7-6-8-32-29(28)16-33(40-32)34-30-15-26(19-39-35(30)42-41-34)25-11-22(17-38-18-25)20-44-9-4-3-5-10-44/h6-8,11-19,31,40H,3-5,9-10,20-21,37H2,1-2H3,(H,39,41,42). The van der Waals surface area contributed by atoms with Gasteiger partial charge in [-0.3, -0.25) is 15.0 Å². The van der Waals surface area contributed by atoms with E-state index in [9.17, 15) is 4.39 Å². The summed E-state index contributed by atoms with van der Waals surface area (Å²) in [5.74, 6) is -0.299. The van der Waals surface area contributed by atoms with E-state index >= 15 is 0 Å². The van der Waals surface area contributed by atoms with Crippen LogP contribution < -0.4 is 5.73 Å². The van der Waals surface area contributed by atoms with Gasteiger partial charge in [0.15, 0.2) is 5.65 Å². The second-order valence-electron chi connectivity index (χ2n) is 12.2. The molecule has 4 N–H and O–H groups in total. The number of fused-ring (bicyclic) bond motifs is 2. The van der Waals surface area contributed by atoms with Crippen LogP contribution in [0.4, 0.5) is 4.39 Å². The first-order valence-electron chi connectivity index (χ1n) is 15.3. The van der Waals surface area contributed by atoms with E-state index in [0.29, 0.717) is 12.2 Å². The van der Waals surface area contributed by atoms with Crippen LogP contribution >= 0.6 is 0 Å². The Balaban J connectivity index is 1.24. The highest BCUT2D eigenvalue weighted by atomic mass is 19.1. The van der Waals surface area contributed by atoms with Crippen molar-refractivity contribution in [1.29, 1.82) is 0 Å². The Kier molecular flexibility index (Phi) is 7.68. The zero-order chi connectivity index (χ0) is 30.2. The highest BCUT2D eigenvalue weighted by molar-refractivity contribution is 6.01. The number of piperidine rings is 1. The molecule has 224 valence electrons. The quantitative estimate of drug-likeness (QED) is 0.187. The number of pyridine rings is 2. The summed E-state index contributed by atoms with van der Waals surface area (Å²) in [5, 5.41) is 9.60. The molecule has 5 heterocycles. The number of rotatable bonds is 8. The molecular formula is C35H37FN8. The lowest BCUT2D eigenvalue weighted by atomic mass is 9.97. The molecule has 0 spiro atoms. The third-order valence-corrected chi connectivity index (χ3v) is 8.55. The third kappa shape index (κ3) is 5.74.